The first-order chi connectivity index (χ1) is 15.1. The number of hydrogen-bond acceptors (Lipinski definition) is 6. The Morgan fingerprint density at radius 2 is 1.90 bits per heavy atom. The normalized spacial score (nSPS) is 15.5. The third kappa shape index (κ3) is 5.34. The van der Waals surface area contributed by atoms with Gasteiger partial charge in [-0.25, -0.2) is 4.79 Å². The Morgan fingerprint density at radius 3 is 2.58 bits per heavy atom. The van der Waals surface area contributed by atoms with Gasteiger partial charge in [-0.1, -0.05) is 67.4 Å². The zero-order valence-electron chi connectivity index (χ0n) is 17.1. The highest BCUT2D eigenvalue weighted by atomic mass is 32.2. The van der Waals surface area contributed by atoms with Crippen LogP contribution in [0, 0.1) is 0 Å². The second-order valence-electron chi connectivity index (χ2n) is 7.58. The molecule has 1 aliphatic carbocycles. The Kier molecular flexibility index (Phi) is 7.03. The predicted molar refractivity (Wildman–Crippen MR) is 122 cm³/mol. The van der Waals surface area contributed by atoms with Crippen LogP contribution in [-0.2, 0) is 11.2 Å². The molecule has 2 heterocycles. The number of urea groups is 1. The number of imide groups is 1. The van der Waals surface area contributed by atoms with E-state index in [1.807, 2.05) is 36.4 Å². The van der Waals surface area contributed by atoms with E-state index >= 15 is 0 Å². The SMILES string of the molecule is NC(=O)NC(=O)C(Sc1nnc(Cc2cccs2)n1C1CCCCC1)c1ccccc1. The van der Waals surface area contributed by atoms with Gasteiger partial charge >= 0.3 is 6.03 Å². The molecule has 2 aromatic heterocycles. The van der Waals surface area contributed by atoms with Gasteiger partial charge in [0, 0.05) is 17.3 Å². The van der Waals surface area contributed by atoms with Crippen molar-refractivity contribution in [1.29, 1.82) is 0 Å². The van der Waals surface area contributed by atoms with Crippen molar-refractivity contribution in [3.8, 4) is 0 Å². The zero-order valence-corrected chi connectivity index (χ0v) is 18.7. The molecule has 1 aliphatic rings. The summed E-state index contributed by atoms with van der Waals surface area (Å²) in [7, 11) is 0. The highest BCUT2D eigenvalue weighted by molar-refractivity contribution is 8.00. The van der Waals surface area contributed by atoms with Gasteiger partial charge in [0.1, 0.15) is 11.1 Å². The lowest BCUT2D eigenvalue weighted by Crippen LogP contribution is -2.37. The van der Waals surface area contributed by atoms with Crippen LogP contribution < -0.4 is 11.1 Å². The average Bonchev–Trinajstić information content (AvgIpc) is 3.43. The fraction of sp³-hybridized carbons (Fsp3) is 0.364. The number of carbonyl (C=O) groups is 2. The third-order valence-corrected chi connectivity index (χ3v) is 7.49. The molecule has 0 saturated heterocycles. The molecule has 7 nitrogen and oxygen atoms in total. The summed E-state index contributed by atoms with van der Waals surface area (Å²) in [5.41, 5.74) is 6.00. The molecule has 1 aromatic carbocycles. The van der Waals surface area contributed by atoms with Crippen molar-refractivity contribution in [2.24, 2.45) is 5.73 Å². The first-order valence-corrected chi connectivity index (χ1v) is 12.2. The summed E-state index contributed by atoms with van der Waals surface area (Å²) < 4.78 is 2.22. The second kappa shape index (κ2) is 10.1. The van der Waals surface area contributed by atoms with Gasteiger partial charge < -0.3 is 10.3 Å². The Hall–Kier alpha value is -2.65. The van der Waals surface area contributed by atoms with E-state index in [2.05, 4.69) is 31.5 Å². The van der Waals surface area contributed by atoms with Gasteiger partial charge in [-0.2, -0.15) is 0 Å². The number of thioether (sulfide) groups is 1. The second-order valence-corrected chi connectivity index (χ2v) is 9.68. The lowest BCUT2D eigenvalue weighted by Gasteiger charge is -2.26. The largest absolute Gasteiger partial charge is 0.351 e. The summed E-state index contributed by atoms with van der Waals surface area (Å²) in [6.07, 6.45) is 6.46. The highest BCUT2D eigenvalue weighted by Crippen LogP contribution is 2.39. The van der Waals surface area contributed by atoms with E-state index in [1.165, 1.54) is 35.9 Å². The molecule has 3 amide bonds. The highest BCUT2D eigenvalue weighted by Gasteiger charge is 2.29. The zero-order chi connectivity index (χ0) is 21.6. The summed E-state index contributed by atoms with van der Waals surface area (Å²) in [5.74, 6) is 0.459. The molecule has 0 aliphatic heterocycles. The number of thiophene rings is 1. The molecule has 1 atom stereocenters. The van der Waals surface area contributed by atoms with Gasteiger partial charge in [0.15, 0.2) is 5.16 Å². The molecular weight excluding hydrogens is 430 g/mol. The van der Waals surface area contributed by atoms with Crippen LogP contribution in [0.25, 0.3) is 0 Å². The van der Waals surface area contributed by atoms with Crippen molar-refractivity contribution >= 4 is 35.0 Å². The maximum atomic E-state index is 12.8. The minimum atomic E-state index is -0.862. The van der Waals surface area contributed by atoms with Crippen molar-refractivity contribution < 1.29 is 9.59 Å². The lowest BCUT2D eigenvalue weighted by atomic mass is 9.95. The minimum Gasteiger partial charge on any atom is -0.351 e. The number of amides is 3. The lowest BCUT2D eigenvalue weighted by molar-refractivity contribution is -0.119. The number of nitrogens with one attached hydrogen (secondary N) is 1. The summed E-state index contributed by atoms with van der Waals surface area (Å²) in [5, 5.41) is 13.3. The van der Waals surface area contributed by atoms with Crippen LogP contribution in [0.2, 0.25) is 0 Å². The van der Waals surface area contributed by atoms with E-state index in [0.29, 0.717) is 17.6 Å². The average molecular weight is 456 g/mol. The molecule has 0 radical (unpaired) electrons. The van der Waals surface area contributed by atoms with Crippen molar-refractivity contribution in [3.63, 3.8) is 0 Å². The molecule has 31 heavy (non-hydrogen) atoms. The van der Waals surface area contributed by atoms with E-state index in [4.69, 9.17) is 5.73 Å². The molecule has 1 fully saturated rings. The Balaban J connectivity index is 1.68. The Bertz CT molecular complexity index is 1010. The van der Waals surface area contributed by atoms with Gasteiger partial charge in [-0.15, -0.1) is 21.5 Å². The summed E-state index contributed by atoms with van der Waals surface area (Å²) in [4.78, 5) is 25.4. The Labute approximate surface area is 189 Å². The number of nitrogens with zero attached hydrogens (tertiary/aromatic N) is 3. The van der Waals surface area contributed by atoms with E-state index in [-0.39, 0.29) is 0 Å². The number of hydrogen-bond donors (Lipinski definition) is 2. The van der Waals surface area contributed by atoms with E-state index in [9.17, 15) is 9.59 Å². The maximum absolute atomic E-state index is 12.8. The van der Waals surface area contributed by atoms with Crippen LogP contribution in [0.1, 0.15) is 59.7 Å². The summed E-state index contributed by atoms with van der Waals surface area (Å²) >= 11 is 3.02. The van der Waals surface area contributed by atoms with Crippen LogP contribution in [0.5, 0.6) is 0 Å². The fourth-order valence-electron chi connectivity index (χ4n) is 3.98. The minimum absolute atomic E-state index is 0.317. The molecule has 3 N–H and O–H groups in total. The van der Waals surface area contributed by atoms with Gasteiger partial charge in [-0.3, -0.25) is 10.1 Å². The van der Waals surface area contributed by atoms with Crippen molar-refractivity contribution in [1.82, 2.24) is 20.1 Å². The number of nitrogens with two attached hydrogens (primary N) is 1. The standard InChI is InChI=1S/C22H25N5O2S2/c23-21(29)24-20(28)19(15-8-3-1-4-9-15)31-22-26-25-18(14-17-12-7-13-30-17)27(22)16-10-5-2-6-11-16/h1,3-4,7-9,12-13,16,19H,2,5-6,10-11,14H2,(H3,23,24,28,29). The molecule has 1 saturated carbocycles. The van der Waals surface area contributed by atoms with Gasteiger partial charge in [0.25, 0.3) is 0 Å². The van der Waals surface area contributed by atoms with Crippen LogP contribution in [0.15, 0.2) is 53.0 Å². The van der Waals surface area contributed by atoms with Crippen LogP contribution >= 0.6 is 23.1 Å². The van der Waals surface area contributed by atoms with E-state index in [0.717, 1.165) is 24.2 Å². The number of rotatable bonds is 7. The monoisotopic (exact) mass is 455 g/mol. The molecule has 1 unspecified atom stereocenters. The smallest absolute Gasteiger partial charge is 0.318 e. The fourth-order valence-corrected chi connectivity index (χ4v) is 5.80. The number of carbonyl (C=O) groups excluding carboxylic acids is 2. The number of aromatic nitrogens is 3. The molecule has 162 valence electrons. The predicted octanol–water partition coefficient (Wildman–Crippen LogP) is 4.46. The maximum Gasteiger partial charge on any atom is 0.318 e. The third-order valence-electron chi connectivity index (χ3n) is 5.40. The molecule has 0 bridgehead atoms. The number of primary amides is 1. The molecule has 4 rings (SSSR count). The van der Waals surface area contributed by atoms with Crippen LogP contribution in [0.4, 0.5) is 4.79 Å². The first-order valence-electron chi connectivity index (χ1n) is 10.4. The molecular formula is C22H25N5O2S2. The van der Waals surface area contributed by atoms with E-state index in [1.54, 1.807) is 11.3 Å². The molecule has 9 heteroatoms. The topological polar surface area (TPSA) is 103 Å². The number of benzene rings is 1. The van der Waals surface area contributed by atoms with E-state index < -0.39 is 17.2 Å². The first kappa shape index (κ1) is 21.6. The van der Waals surface area contributed by atoms with Gasteiger partial charge in [0.05, 0.1) is 0 Å². The van der Waals surface area contributed by atoms with Gasteiger partial charge in [-0.05, 0) is 29.9 Å². The van der Waals surface area contributed by atoms with Crippen molar-refractivity contribution in [2.75, 3.05) is 0 Å². The van der Waals surface area contributed by atoms with Gasteiger partial charge in [0.2, 0.25) is 5.91 Å². The quantitative estimate of drug-likeness (QED) is 0.512. The molecule has 0 spiro atoms. The van der Waals surface area contributed by atoms with Crippen LogP contribution in [-0.4, -0.2) is 26.7 Å². The molecule has 3 aromatic rings. The van der Waals surface area contributed by atoms with Crippen molar-refractivity contribution in [2.45, 2.75) is 55.0 Å². The van der Waals surface area contributed by atoms with Crippen molar-refractivity contribution in [3.05, 3.63) is 64.1 Å². The van der Waals surface area contributed by atoms with Crippen LogP contribution in [0.3, 0.4) is 0 Å². The summed E-state index contributed by atoms with van der Waals surface area (Å²) in [6.45, 7) is 0. The Morgan fingerprint density at radius 1 is 1.13 bits per heavy atom. The summed E-state index contributed by atoms with van der Waals surface area (Å²) in [6, 6.07) is 13.0.